The van der Waals surface area contributed by atoms with Gasteiger partial charge in [0.2, 0.25) is 0 Å². The average molecular weight is 197 g/mol. The van der Waals surface area contributed by atoms with E-state index in [-0.39, 0.29) is 17.7 Å². The number of aliphatic hydroxyl groups is 1. The van der Waals surface area contributed by atoms with Gasteiger partial charge in [-0.25, -0.2) is 9.89 Å². The van der Waals surface area contributed by atoms with E-state index in [9.17, 15) is 9.90 Å². The van der Waals surface area contributed by atoms with Crippen molar-refractivity contribution in [2.45, 2.75) is 38.3 Å². The van der Waals surface area contributed by atoms with E-state index in [2.05, 4.69) is 10.2 Å². The van der Waals surface area contributed by atoms with E-state index < -0.39 is 0 Å². The van der Waals surface area contributed by atoms with Crippen LogP contribution in [-0.4, -0.2) is 26.0 Å². The molecule has 2 rings (SSSR count). The lowest BCUT2D eigenvalue weighted by atomic mass is 9.86. The van der Waals surface area contributed by atoms with Crippen LogP contribution in [0.1, 0.15) is 25.7 Å². The molecule has 1 aliphatic carbocycles. The number of aromatic nitrogens is 3. The largest absolute Gasteiger partial charge is 0.393 e. The summed E-state index contributed by atoms with van der Waals surface area (Å²) < 4.78 is 1.53. The van der Waals surface area contributed by atoms with E-state index >= 15 is 0 Å². The molecule has 5 heteroatoms. The summed E-state index contributed by atoms with van der Waals surface area (Å²) in [7, 11) is 0. The molecule has 0 aromatic carbocycles. The molecule has 78 valence electrons. The van der Waals surface area contributed by atoms with Crippen LogP contribution in [0, 0.1) is 5.92 Å². The van der Waals surface area contributed by atoms with Gasteiger partial charge in [-0.2, -0.15) is 5.10 Å². The Hall–Kier alpha value is -1.10. The van der Waals surface area contributed by atoms with Gasteiger partial charge in [0, 0.05) is 12.5 Å². The molecular formula is C9H15N3O2. The molecule has 1 heterocycles. The lowest BCUT2D eigenvalue weighted by molar-refractivity contribution is 0.0601. The first kappa shape index (κ1) is 9.45. The SMILES string of the molecule is O=c1[nH]ncn1CC1CCCCC1O. The zero-order valence-electron chi connectivity index (χ0n) is 8.02. The first-order valence-electron chi connectivity index (χ1n) is 5.05. The Labute approximate surface area is 81.8 Å². The molecule has 0 aliphatic heterocycles. The van der Waals surface area contributed by atoms with Gasteiger partial charge < -0.3 is 5.11 Å². The lowest BCUT2D eigenvalue weighted by Gasteiger charge is -2.27. The van der Waals surface area contributed by atoms with E-state index in [1.54, 1.807) is 0 Å². The first-order valence-corrected chi connectivity index (χ1v) is 5.05. The zero-order valence-corrected chi connectivity index (χ0v) is 8.02. The molecule has 2 atom stereocenters. The van der Waals surface area contributed by atoms with E-state index in [4.69, 9.17) is 0 Å². The Morgan fingerprint density at radius 1 is 1.57 bits per heavy atom. The maximum Gasteiger partial charge on any atom is 0.343 e. The molecule has 0 amide bonds. The van der Waals surface area contributed by atoms with Gasteiger partial charge in [-0.3, -0.25) is 4.57 Å². The minimum absolute atomic E-state index is 0.192. The molecule has 0 saturated heterocycles. The van der Waals surface area contributed by atoms with Gasteiger partial charge in [-0.1, -0.05) is 12.8 Å². The number of aromatic amines is 1. The van der Waals surface area contributed by atoms with Crippen LogP contribution in [0.25, 0.3) is 0 Å². The highest BCUT2D eigenvalue weighted by Crippen LogP contribution is 2.25. The fourth-order valence-corrected chi connectivity index (χ4v) is 2.05. The van der Waals surface area contributed by atoms with Gasteiger partial charge in [0.05, 0.1) is 6.10 Å². The lowest BCUT2D eigenvalue weighted by Crippen LogP contribution is -2.31. The Balaban J connectivity index is 2.03. The van der Waals surface area contributed by atoms with E-state index in [1.165, 1.54) is 10.9 Å². The second-order valence-electron chi connectivity index (χ2n) is 3.93. The normalized spacial score (nSPS) is 27.8. The Kier molecular flexibility index (Phi) is 2.67. The zero-order chi connectivity index (χ0) is 9.97. The summed E-state index contributed by atoms with van der Waals surface area (Å²) in [6, 6.07) is 0. The topological polar surface area (TPSA) is 70.9 Å². The fourth-order valence-electron chi connectivity index (χ4n) is 2.05. The van der Waals surface area contributed by atoms with Crippen molar-refractivity contribution in [1.82, 2.24) is 14.8 Å². The second kappa shape index (κ2) is 3.96. The summed E-state index contributed by atoms with van der Waals surface area (Å²) in [5.41, 5.74) is -0.192. The summed E-state index contributed by atoms with van der Waals surface area (Å²) in [5.74, 6) is 0.207. The van der Waals surface area contributed by atoms with Crippen molar-refractivity contribution in [3.8, 4) is 0 Å². The first-order chi connectivity index (χ1) is 6.77. The number of hydrogen-bond donors (Lipinski definition) is 2. The van der Waals surface area contributed by atoms with Gasteiger partial charge in [-0.15, -0.1) is 0 Å². The van der Waals surface area contributed by atoms with E-state index in [0.29, 0.717) is 6.54 Å². The monoisotopic (exact) mass is 197 g/mol. The standard InChI is InChI=1S/C9H15N3O2/c13-8-4-2-1-3-7(8)5-12-6-10-11-9(12)14/h6-8,13H,1-5H2,(H,11,14). The number of nitrogens with zero attached hydrogens (tertiary/aromatic N) is 2. The van der Waals surface area contributed by atoms with Crippen LogP contribution in [0.3, 0.4) is 0 Å². The molecule has 1 fully saturated rings. The third-order valence-corrected chi connectivity index (χ3v) is 2.92. The van der Waals surface area contributed by atoms with E-state index in [1.807, 2.05) is 0 Å². The molecule has 0 bridgehead atoms. The van der Waals surface area contributed by atoms with Crippen LogP contribution in [0.4, 0.5) is 0 Å². The van der Waals surface area contributed by atoms with Crippen LogP contribution in [0.2, 0.25) is 0 Å². The van der Waals surface area contributed by atoms with Gasteiger partial charge in [0.25, 0.3) is 0 Å². The molecule has 14 heavy (non-hydrogen) atoms. The molecule has 2 unspecified atom stereocenters. The minimum atomic E-state index is -0.259. The highest BCUT2D eigenvalue weighted by Gasteiger charge is 2.23. The quantitative estimate of drug-likeness (QED) is 0.707. The van der Waals surface area contributed by atoms with Crippen LogP contribution in [0.5, 0.6) is 0 Å². The van der Waals surface area contributed by atoms with E-state index in [0.717, 1.165) is 25.7 Å². The van der Waals surface area contributed by atoms with Crippen molar-refractivity contribution < 1.29 is 5.11 Å². The van der Waals surface area contributed by atoms with Crippen molar-refractivity contribution in [3.63, 3.8) is 0 Å². The van der Waals surface area contributed by atoms with Crippen molar-refractivity contribution in [3.05, 3.63) is 16.8 Å². The molecule has 0 radical (unpaired) electrons. The minimum Gasteiger partial charge on any atom is -0.393 e. The Morgan fingerprint density at radius 2 is 2.36 bits per heavy atom. The third-order valence-electron chi connectivity index (χ3n) is 2.92. The molecule has 1 aromatic heterocycles. The molecule has 1 saturated carbocycles. The number of aliphatic hydroxyl groups excluding tert-OH is 1. The maximum absolute atomic E-state index is 11.2. The number of hydrogen-bond acceptors (Lipinski definition) is 3. The average Bonchev–Trinajstić information content (AvgIpc) is 2.56. The predicted molar refractivity (Wildman–Crippen MR) is 50.8 cm³/mol. The molecule has 1 aromatic rings. The van der Waals surface area contributed by atoms with Crippen LogP contribution < -0.4 is 5.69 Å². The number of H-pyrrole nitrogens is 1. The maximum atomic E-state index is 11.2. The molecule has 1 aliphatic rings. The third kappa shape index (κ3) is 1.87. The highest BCUT2D eigenvalue weighted by molar-refractivity contribution is 4.76. The second-order valence-corrected chi connectivity index (χ2v) is 3.93. The van der Waals surface area contributed by atoms with Gasteiger partial charge in [0.15, 0.2) is 0 Å². The van der Waals surface area contributed by atoms with Gasteiger partial charge in [-0.05, 0) is 12.8 Å². The van der Waals surface area contributed by atoms with Crippen LogP contribution >= 0.6 is 0 Å². The summed E-state index contributed by atoms with van der Waals surface area (Å²) >= 11 is 0. The summed E-state index contributed by atoms with van der Waals surface area (Å²) in [4.78, 5) is 11.2. The Bertz CT molecular complexity index is 344. The van der Waals surface area contributed by atoms with Gasteiger partial charge >= 0.3 is 5.69 Å². The van der Waals surface area contributed by atoms with Gasteiger partial charge in [0.1, 0.15) is 6.33 Å². The van der Waals surface area contributed by atoms with Crippen molar-refractivity contribution in [2.75, 3.05) is 0 Å². The highest BCUT2D eigenvalue weighted by atomic mass is 16.3. The van der Waals surface area contributed by atoms with Crippen LogP contribution in [0.15, 0.2) is 11.1 Å². The summed E-state index contributed by atoms with van der Waals surface area (Å²) in [6.07, 6.45) is 5.33. The number of rotatable bonds is 2. The molecular weight excluding hydrogens is 182 g/mol. The fraction of sp³-hybridized carbons (Fsp3) is 0.778. The Morgan fingerprint density at radius 3 is 3.00 bits per heavy atom. The van der Waals surface area contributed by atoms with Crippen molar-refractivity contribution >= 4 is 0 Å². The summed E-state index contributed by atoms with van der Waals surface area (Å²) in [5, 5.41) is 15.7. The van der Waals surface area contributed by atoms with Crippen molar-refractivity contribution in [1.29, 1.82) is 0 Å². The van der Waals surface area contributed by atoms with Crippen LogP contribution in [-0.2, 0) is 6.54 Å². The number of nitrogens with one attached hydrogen (secondary N) is 1. The predicted octanol–water partition coefficient (Wildman–Crippen LogP) is 0.122. The molecule has 2 N–H and O–H groups in total. The van der Waals surface area contributed by atoms with Crippen molar-refractivity contribution in [2.24, 2.45) is 5.92 Å². The summed E-state index contributed by atoms with van der Waals surface area (Å²) in [6.45, 7) is 0.580. The smallest absolute Gasteiger partial charge is 0.343 e. The molecule has 5 nitrogen and oxygen atoms in total. The molecule has 0 spiro atoms.